The van der Waals surface area contributed by atoms with Crippen LogP contribution in [0.2, 0.25) is 0 Å². The molecule has 1 saturated heterocycles. The van der Waals surface area contributed by atoms with E-state index in [0.29, 0.717) is 29.0 Å². The van der Waals surface area contributed by atoms with Gasteiger partial charge in [-0.15, -0.1) is 10.2 Å². The number of carbonyl (C=O) groups excluding carboxylic acids is 2. The molecule has 1 aliphatic heterocycles. The van der Waals surface area contributed by atoms with E-state index in [9.17, 15) is 9.59 Å². The second-order valence-electron chi connectivity index (χ2n) is 7.21. The van der Waals surface area contributed by atoms with Crippen LogP contribution in [0.4, 0.5) is 10.8 Å². The van der Waals surface area contributed by atoms with Crippen molar-refractivity contribution in [1.29, 1.82) is 0 Å². The first-order valence-corrected chi connectivity index (χ1v) is 10.3. The summed E-state index contributed by atoms with van der Waals surface area (Å²) in [6.45, 7) is 6.52. The lowest BCUT2D eigenvalue weighted by atomic mass is 10.1. The molecular weight excluding hydrogens is 376 g/mol. The van der Waals surface area contributed by atoms with E-state index in [2.05, 4.69) is 29.4 Å². The van der Waals surface area contributed by atoms with E-state index in [1.165, 1.54) is 11.3 Å². The molecule has 0 saturated carbocycles. The predicted molar refractivity (Wildman–Crippen MR) is 110 cm³/mol. The third kappa shape index (κ3) is 4.32. The summed E-state index contributed by atoms with van der Waals surface area (Å²) < 4.78 is 5.39. The summed E-state index contributed by atoms with van der Waals surface area (Å²) in [7, 11) is 1.57. The molecule has 1 aliphatic rings. The van der Waals surface area contributed by atoms with Gasteiger partial charge in [0.1, 0.15) is 10.8 Å². The number of aryl methyl sites for hydroxylation is 1. The van der Waals surface area contributed by atoms with Crippen LogP contribution >= 0.6 is 11.3 Å². The normalized spacial score (nSPS) is 17.6. The standard InChI is InChI=1S/C20H26N4O3S/c1-5-6-13(3)19-22-23-20(28-19)21-18(26)14-10-17(25)24(11-14)15-9-12(2)7-8-16(15)27-4/h7-9,13-14H,5-6,10-11H2,1-4H3,(H,21,23,26). The van der Waals surface area contributed by atoms with Gasteiger partial charge in [0.25, 0.3) is 0 Å². The maximum absolute atomic E-state index is 12.7. The highest BCUT2D eigenvalue weighted by molar-refractivity contribution is 7.15. The summed E-state index contributed by atoms with van der Waals surface area (Å²) in [5.74, 6) is 0.231. The van der Waals surface area contributed by atoms with E-state index in [-0.39, 0.29) is 18.2 Å². The van der Waals surface area contributed by atoms with Crippen molar-refractivity contribution in [2.24, 2.45) is 5.92 Å². The summed E-state index contributed by atoms with van der Waals surface area (Å²) >= 11 is 1.40. The van der Waals surface area contributed by atoms with Crippen molar-refractivity contribution in [2.45, 2.75) is 46.0 Å². The zero-order valence-corrected chi connectivity index (χ0v) is 17.5. The number of anilines is 2. The predicted octanol–water partition coefficient (Wildman–Crippen LogP) is 3.75. The molecule has 2 amide bonds. The van der Waals surface area contributed by atoms with Crippen LogP contribution in [-0.4, -0.2) is 35.7 Å². The van der Waals surface area contributed by atoms with Gasteiger partial charge in [-0.3, -0.25) is 9.59 Å². The lowest BCUT2D eigenvalue weighted by Gasteiger charge is -2.20. The molecule has 2 atom stereocenters. The molecule has 0 spiro atoms. The second kappa shape index (κ2) is 8.68. The average molecular weight is 403 g/mol. The van der Waals surface area contributed by atoms with Crippen LogP contribution < -0.4 is 15.0 Å². The molecule has 150 valence electrons. The number of nitrogens with one attached hydrogen (secondary N) is 1. The summed E-state index contributed by atoms with van der Waals surface area (Å²) in [6, 6.07) is 5.67. The minimum atomic E-state index is -0.432. The minimum Gasteiger partial charge on any atom is -0.495 e. The van der Waals surface area contributed by atoms with Gasteiger partial charge >= 0.3 is 0 Å². The zero-order chi connectivity index (χ0) is 20.3. The number of aromatic nitrogens is 2. The number of ether oxygens (including phenoxy) is 1. The zero-order valence-electron chi connectivity index (χ0n) is 16.7. The summed E-state index contributed by atoms with van der Waals surface area (Å²) in [5.41, 5.74) is 1.73. The Morgan fingerprint density at radius 1 is 1.43 bits per heavy atom. The van der Waals surface area contributed by atoms with Crippen LogP contribution in [0.3, 0.4) is 0 Å². The molecule has 2 unspecified atom stereocenters. The highest BCUT2D eigenvalue weighted by atomic mass is 32.1. The number of nitrogens with zero attached hydrogens (tertiary/aromatic N) is 3. The van der Waals surface area contributed by atoms with Crippen molar-refractivity contribution in [3.63, 3.8) is 0 Å². The van der Waals surface area contributed by atoms with Crippen LogP contribution in [0, 0.1) is 12.8 Å². The Balaban J connectivity index is 1.68. The van der Waals surface area contributed by atoms with Crippen LogP contribution in [-0.2, 0) is 9.59 Å². The van der Waals surface area contributed by atoms with Crippen LogP contribution in [0.25, 0.3) is 0 Å². The van der Waals surface area contributed by atoms with E-state index in [1.807, 2.05) is 25.1 Å². The van der Waals surface area contributed by atoms with Crippen molar-refractivity contribution >= 4 is 34.0 Å². The van der Waals surface area contributed by atoms with Gasteiger partial charge in [-0.05, 0) is 31.0 Å². The van der Waals surface area contributed by atoms with Gasteiger partial charge in [-0.25, -0.2) is 0 Å². The van der Waals surface area contributed by atoms with Crippen molar-refractivity contribution in [3.8, 4) is 5.75 Å². The Morgan fingerprint density at radius 3 is 2.93 bits per heavy atom. The molecule has 0 radical (unpaired) electrons. The van der Waals surface area contributed by atoms with Gasteiger partial charge in [0.05, 0.1) is 18.7 Å². The number of hydrogen-bond acceptors (Lipinski definition) is 6. The van der Waals surface area contributed by atoms with Gasteiger partial charge in [0, 0.05) is 18.9 Å². The highest BCUT2D eigenvalue weighted by Gasteiger charge is 2.36. The fourth-order valence-electron chi connectivity index (χ4n) is 3.38. The fourth-order valence-corrected chi connectivity index (χ4v) is 4.21. The maximum atomic E-state index is 12.7. The maximum Gasteiger partial charge on any atom is 0.231 e. The third-order valence-electron chi connectivity index (χ3n) is 4.93. The van der Waals surface area contributed by atoms with Crippen LogP contribution in [0.15, 0.2) is 18.2 Å². The SMILES string of the molecule is CCCC(C)c1nnc(NC(=O)C2CC(=O)N(c3cc(C)ccc3OC)C2)s1. The van der Waals surface area contributed by atoms with E-state index >= 15 is 0 Å². The van der Waals surface area contributed by atoms with E-state index < -0.39 is 5.92 Å². The molecule has 0 bridgehead atoms. The summed E-state index contributed by atoms with van der Waals surface area (Å²) in [4.78, 5) is 26.9. The van der Waals surface area contributed by atoms with Crippen molar-refractivity contribution in [2.75, 3.05) is 23.9 Å². The van der Waals surface area contributed by atoms with E-state index in [4.69, 9.17) is 4.74 Å². The first kappa shape index (κ1) is 20.3. The van der Waals surface area contributed by atoms with Gasteiger partial charge in [-0.1, -0.05) is 37.7 Å². The molecule has 2 aromatic rings. The third-order valence-corrected chi connectivity index (χ3v) is 6.01. The Morgan fingerprint density at radius 2 is 2.21 bits per heavy atom. The first-order chi connectivity index (χ1) is 13.4. The molecule has 1 N–H and O–H groups in total. The number of carbonyl (C=O) groups is 2. The fraction of sp³-hybridized carbons (Fsp3) is 0.500. The smallest absolute Gasteiger partial charge is 0.231 e. The van der Waals surface area contributed by atoms with Gasteiger partial charge in [0.2, 0.25) is 16.9 Å². The van der Waals surface area contributed by atoms with Crippen molar-refractivity contribution in [1.82, 2.24) is 10.2 Å². The number of methoxy groups -OCH3 is 1. The molecule has 0 aliphatic carbocycles. The first-order valence-electron chi connectivity index (χ1n) is 9.52. The second-order valence-corrected chi connectivity index (χ2v) is 8.21. The largest absolute Gasteiger partial charge is 0.495 e. The molecule has 1 aromatic carbocycles. The molecule has 8 heteroatoms. The molecule has 2 heterocycles. The van der Waals surface area contributed by atoms with Gasteiger partial charge in [-0.2, -0.15) is 0 Å². The monoisotopic (exact) mass is 402 g/mol. The number of amides is 2. The van der Waals surface area contributed by atoms with Gasteiger partial charge in [0.15, 0.2) is 0 Å². The number of rotatable bonds is 7. The Bertz CT molecular complexity index is 867. The van der Waals surface area contributed by atoms with E-state index in [0.717, 1.165) is 23.4 Å². The Kier molecular flexibility index (Phi) is 6.28. The average Bonchev–Trinajstić information content (AvgIpc) is 3.28. The lowest BCUT2D eigenvalue weighted by Crippen LogP contribution is -2.28. The Hall–Kier alpha value is -2.48. The Labute approximate surface area is 169 Å². The molecule has 1 aromatic heterocycles. The minimum absolute atomic E-state index is 0.0847. The van der Waals surface area contributed by atoms with Crippen LogP contribution in [0.1, 0.15) is 49.6 Å². The van der Waals surface area contributed by atoms with Crippen molar-refractivity contribution < 1.29 is 14.3 Å². The number of hydrogen-bond donors (Lipinski definition) is 1. The summed E-state index contributed by atoms with van der Waals surface area (Å²) in [6.07, 6.45) is 2.28. The quantitative estimate of drug-likeness (QED) is 0.762. The van der Waals surface area contributed by atoms with Gasteiger partial charge < -0.3 is 15.0 Å². The molecule has 28 heavy (non-hydrogen) atoms. The molecule has 7 nitrogen and oxygen atoms in total. The summed E-state index contributed by atoms with van der Waals surface area (Å²) in [5, 5.41) is 12.5. The topological polar surface area (TPSA) is 84.4 Å². The van der Waals surface area contributed by atoms with Crippen LogP contribution in [0.5, 0.6) is 5.75 Å². The van der Waals surface area contributed by atoms with Crippen molar-refractivity contribution in [3.05, 3.63) is 28.8 Å². The molecule has 1 fully saturated rings. The molecular formula is C20H26N4O3S. The lowest BCUT2D eigenvalue weighted by molar-refractivity contribution is -0.122. The number of benzene rings is 1. The van der Waals surface area contributed by atoms with E-state index in [1.54, 1.807) is 12.0 Å². The molecule has 3 rings (SSSR count). The highest BCUT2D eigenvalue weighted by Crippen LogP contribution is 2.34.